The number of fused-ring (bicyclic) bond motifs is 7. The minimum atomic E-state index is -0.159. The molecule has 2 aliphatic carbocycles. The number of carbonyl (C=O) groups is 2. The van der Waals surface area contributed by atoms with E-state index in [1.54, 1.807) is 19.2 Å². The molecule has 1 spiro atoms. The lowest BCUT2D eigenvalue weighted by atomic mass is 9.60. The molecule has 0 radical (unpaired) electrons. The molecular formula is C40H36N4O5. The predicted octanol–water partition coefficient (Wildman–Crippen LogP) is 6.63. The summed E-state index contributed by atoms with van der Waals surface area (Å²) in [5.74, 6) is 2.27. The first-order valence-corrected chi connectivity index (χ1v) is 17.2. The van der Waals surface area contributed by atoms with Gasteiger partial charge in [0.05, 0.1) is 54.4 Å². The minimum Gasteiger partial charge on any atom is -0.493 e. The number of hydrogen-bond acceptors (Lipinski definition) is 7. The molecule has 10 rings (SSSR count). The number of amides is 2. The van der Waals surface area contributed by atoms with Crippen molar-refractivity contribution in [2.75, 3.05) is 42.0 Å². The van der Waals surface area contributed by atoms with Crippen molar-refractivity contribution in [2.45, 2.75) is 49.6 Å². The van der Waals surface area contributed by atoms with E-state index in [1.165, 1.54) is 5.56 Å². The number of nitrogens with one attached hydrogen (secondary N) is 1. The van der Waals surface area contributed by atoms with Crippen LogP contribution in [0.25, 0.3) is 0 Å². The van der Waals surface area contributed by atoms with Crippen LogP contribution in [0.15, 0.2) is 77.8 Å². The first-order valence-electron chi connectivity index (χ1n) is 17.2. The van der Waals surface area contributed by atoms with Gasteiger partial charge in [-0.2, -0.15) is 0 Å². The van der Waals surface area contributed by atoms with Gasteiger partial charge in [-0.1, -0.05) is 36.4 Å². The second-order valence-electron chi connectivity index (χ2n) is 14.3. The van der Waals surface area contributed by atoms with Gasteiger partial charge < -0.3 is 19.5 Å². The summed E-state index contributed by atoms with van der Waals surface area (Å²) in [7, 11) is 1.58. The molecular weight excluding hydrogens is 616 g/mol. The molecule has 2 bridgehead atoms. The lowest BCUT2D eigenvalue weighted by Gasteiger charge is -2.58. The minimum absolute atomic E-state index is 0.0710. The Morgan fingerprint density at radius 2 is 1.69 bits per heavy atom. The van der Waals surface area contributed by atoms with Crippen LogP contribution >= 0.6 is 0 Å². The average molecular weight is 653 g/mol. The van der Waals surface area contributed by atoms with Gasteiger partial charge in [0.2, 0.25) is 0 Å². The third-order valence-corrected chi connectivity index (χ3v) is 11.7. The van der Waals surface area contributed by atoms with E-state index in [0.717, 1.165) is 59.7 Å². The number of aliphatic imine (C=N–C) groups is 1. The van der Waals surface area contributed by atoms with Crippen LogP contribution in [0.5, 0.6) is 17.2 Å². The number of para-hydroxylation sites is 2. The summed E-state index contributed by atoms with van der Waals surface area (Å²) in [6.07, 6.45) is 5.41. The summed E-state index contributed by atoms with van der Waals surface area (Å²) >= 11 is 0. The zero-order valence-corrected chi connectivity index (χ0v) is 27.5. The second kappa shape index (κ2) is 10.1. The fourth-order valence-corrected chi connectivity index (χ4v) is 9.42. The van der Waals surface area contributed by atoms with Gasteiger partial charge in [0.15, 0.2) is 11.5 Å². The molecule has 0 saturated heterocycles. The summed E-state index contributed by atoms with van der Waals surface area (Å²) in [6.45, 7) is 3.55. The van der Waals surface area contributed by atoms with Crippen molar-refractivity contribution in [1.82, 2.24) is 0 Å². The van der Waals surface area contributed by atoms with Gasteiger partial charge in [0.25, 0.3) is 11.8 Å². The standard InChI is InChI=1S/C40H36N4O5/c1-23-14-26-30(42-22-40-21-39(19-36(39)40)28-9-4-6-11-32(28)44(40)38(26)46)17-33(23)48-12-7-13-49-35-18-29-27(16-34(35)47-2)37(45)43-25(20-41-29)15-24-8-3-5-10-31(24)43/h3-6,8-11,14,16-18,20,25,36,42H,7,12-13,15,19,21-22H2,1-2H3/t25?,36?,39?,40-/m0/s1. The van der Waals surface area contributed by atoms with E-state index in [4.69, 9.17) is 19.2 Å². The number of benzene rings is 4. The van der Waals surface area contributed by atoms with E-state index in [2.05, 4.69) is 34.5 Å². The number of nitrogens with zero attached hydrogens (tertiary/aromatic N) is 3. The van der Waals surface area contributed by atoms with Crippen molar-refractivity contribution in [2.24, 2.45) is 10.9 Å². The highest BCUT2D eigenvalue weighted by Gasteiger charge is 2.81. The third kappa shape index (κ3) is 3.90. The molecule has 0 aromatic heterocycles. The lowest BCUT2D eigenvalue weighted by Crippen LogP contribution is -2.68. The van der Waals surface area contributed by atoms with Crippen molar-refractivity contribution < 1.29 is 23.8 Å². The monoisotopic (exact) mass is 652 g/mol. The van der Waals surface area contributed by atoms with E-state index in [-0.39, 0.29) is 28.8 Å². The smallest absolute Gasteiger partial charge is 0.261 e. The van der Waals surface area contributed by atoms with E-state index >= 15 is 0 Å². The Bertz CT molecular complexity index is 2150. The summed E-state index contributed by atoms with van der Waals surface area (Å²) in [5.41, 5.74) is 8.11. The fourth-order valence-electron chi connectivity index (χ4n) is 9.42. The van der Waals surface area contributed by atoms with Crippen molar-refractivity contribution in [3.05, 3.63) is 101 Å². The van der Waals surface area contributed by atoms with Crippen LogP contribution in [-0.2, 0) is 11.8 Å². The van der Waals surface area contributed by atoms with Gasteiger partial charge in [0, 0.05) is 54.5 Å². The Morgan fingerprint density at radius 1 is 0.898 bits per heavy atom. The van der Waals surface area contributed by atoms with Crippen LogP contribution in [0.1, 0.15) is 56.7 Å². The maximum absolute atomic E-state index is 14.2. The van der Waals surface area contributed by atoms with Gasteiger partial charge >= 0.3 is 0 Å². The quantitative estimate of drug-likeness (QED) is 0.226. The Labute approximate surface area is 284 Å². The highest BCUT2D eigenvalue weighted by molar-refractivity contribution is 6.15. The summed E-state index contributed by atoms with van der Waals surface area (Å²) < 4.78 is 18.1. The maximum atomic E-state index is 14.2. The molecule has 49 heavy (non-hydrogen) atoms. The number of aryl methyl sites for hydroxylation is 1. The molecule has 4 atom stereocenters. The molecule has 2 fully saturated rings. The summed E-state index contributed by atoms with van der Waals surface area (Å²) in [5, 5.41) is 3.65. The molecule has 4 aliphatic heterocycles. The largest absolute Gasteiger partial charge is 0.493 e. The molecule has 3 unspecified atom stereocenters. The van der Waals surface area contributed by atoms with Gasteiger partial charge in [-0.3, -0.25) is 24.4 Å². The zero-order valence-electron chi connectivity index (χ0n) is 27.5. The van der Waals surface area contributed by atoms with Gasteiger partial charge in [-0.25, -0.2) is 0 Å². The topological polar surface area (TPSA) is 92.7 Å². The van der Waals surface area contributed by atoms with Crippen molar-refractivity contribution >= 4 is 40.8 Å². The molecule has 6 aliphatic rings. The normalized spacial score (nSPS) is 25.9. The molecule has 1 N–H and O–H groups in total. The van der Waals surface area contributed by atoms with Crippen LogP contribution in [0.4, 0.5) is 22.7 Å². The Hall–Kier alpha value is -5.31. The molecule has 9 nitrogen and oxygen atoms in total. The number of anilines is 3. The summed E-state index contributed by atoms with van der Waals surface area (Å²) in [4.78, 5) is 36.5. The number of hydrogen-bond donors (Lipinski definition) is 1. The molecule has 4 aromatic carbocycles. The molecule has 2 saturated carbocycles. The van der Waals surface area contributed by atoms with Crippen molar-refractivity contribution in [3.63, 3.8) is 0 Å². The van der Waals surface area contributed by atoms with Gasteiger partial charge in [-0.05, 0) is 66.6 Å². The molecule has 4 heterocycles. The van der Waals surface area contributed by atoms with E-state index < -0.39 is 0 Å². The average Bonchev–Trinajstić information content (AvgIpc) is 3.68. The lowest BCUT2D eigenvalue weighted by molar-refractivity contribution is 0.0878. The maximum Gasteiger partial charge on any atom is 0.261 e. The SMILES string of the molecule is COc1cc2c(cc1OCCCOc1cc3c(cc1C)C(=O)N1c4ccccc4C45CC4[C@@]1(CN3)C5)N=CC1Cc3ccccc3N1C2=O. The van der Waals surface area contributed by atoms with Crippen LogP contribution in [0, 0.1) is 12.8 Å². The van der Waals surface area contributed by atoms with Crippen LogP contribution in [-0.4, -0.2) is 56.5 Å². The van der Waals surface area contributed by atoms with Crippen molar-refractivity contribution in [3.8, 4) is 17.2 Å². The zero-order chi connectivity index (χ0) is 33.1. The van der Waals surface area contributed by atoms with E-state index in [0.29, 0.717) is 53.9 Å². The summed E-state index contributed by atoms with van der Waals surface area (Å²) in [6, 6.07) is 23.8. The Balaban J connectivity index is 0.824. The number of ether oxygens (including phenoxy) is 3. The van der Waals surface area contributed by atoms with E-state index in [9.17, 15) is 9.59 Å². The molecule has 2 amide bonds. The molecule has 9 heteroatoms. The van der Waals surface area contributed by atoms with Crippen molar-refractivity contribution in [1.29, 1.82) is 0 Å². The fraction of sp³-hybridized carbons (Fsp3) is 0.325. The van der Waals surface area contributed by atoms with Crippen LogP contribution in [0.2, 0.25) is 0 Å². The van der Waals surface area contributed by atoms with E-state index in [1.807, 2.05) is 54.4 Å². The van der Waals surface area contributed by atoms with Crippen LogP contribution in [0.3, 0.4) is 0 Å². The number of methoxy groups -OCH3 is 1. The predicted molar refractivity (Wildman–Crippen MR) is 188 cm³/mol. The Kier molecular flexibility index (Phi) is 5.91. The molecule has 4 aromatic rings. The first kappa shape index (κ1) is 28.7. The highest BCUT2D eigenvalue weighted by Crippen LogP contribution is 2.79. The molecule has 246 valence electrons. The van der Waals surface area contributed by atoms with Gasteiger partial charge in [0.1, 0.15) is 5.75 Å². The van der Waals surface area contributed by atoms with Crippen LogP contribution < -0.4 is 29.3 Å². The number of rotatable bonds is 7. The highest BCUT2D eigenvalue weighted by atomic mass is 16.5. The number of carbonyl (C=O) groups excluding carboxylic acids is 2. The Morgan fingerprint density at radius 3 is 2.53 bits per heavy atom. The van der Waals surface area contributed by atoms with Gasteiger partial charge in [-0.15, -0.1) is 0 Å². The first-order chi connectivity index (χ1) is 23.9. The second-order valence-corrected chi connectivity index (χ2v) is 14.3. The third-order valence-electron chi connectivity index (χ3n) is 11.7.